The lowest BCUT2D eigenvalue weighted by molar-refractivity contribution is -0.144. The SMILES string of the molecule is CCOC(=O)N1CCN(C(=O)C(=O)Nc2ccccc2OC(C)C)CC1. The number of hydrogen-bond acceptors (Lipinski definition) is 5. The van der Waals surface area contributed by atoms with Crippen molar-refractivity contribution in [1.29, 1.82) is 0 Å². The van der Waals surface area contributed by atoms with E-state index in [0.29, 0.717) is 31.1 Å². The number of piperazine rings is 1. The Labute approximate surface area is 153 Å². The van der Waals surface area contributed by atoms with Crippen molar-refractivity contribution in [3.8, 4) is 5.75 Å². The zero-order chi connectivity index (χ0) is 19.1. The zero-order valence-electron chi connectivity index (χ0n) is 15.4. The van der Waals surface area contributed by atoms with Gasteiger partial charge in [-0.2, -0.15) is 0 Å². The topological polar surface area (TPSA) is 88.2 Å². The van der Waals surface area contributed by atoms with E-state index in [1.807, 2.05) is 13.8 Å². The van der Waals surface area contributed by atoms with Gasteiger partial charge >= 0.3 is 17.9 Å². The second kappa shape index (κ2) is 9.07. The number of nitrogens with one attached hydrogen (secondary N) is 1. The van der Waals surface area contributed by atoms with Crippen molar-refractivity contribution in [2.45, 2.75) is 26.9 Å². The van der Waals surface area contributed by atoms with Crippen LogP contribution in [0.5, 0.6) is 5.75 Å². The van der Waals surface area contributed by atoms with E-state index in [9.17, 15) is 14.4 Å². The number of carbonyl (C=O) groups is 3. The van der Waals surface area contributed by atoms with E-state index >= 15 is 0 Å². The molecule has 1 fully saturated rings. The molecular formula is C18H25N3O5. The first-order valence-corrected chi connectivity index (χ1v) is 8.70. The first kappa shape index (κ1) is 19.6. The number of hydrogen-bond donors (Lipinski definition) is 1. The van der Waals surface area contributed by atoms with Crippen molar-refractivity contribution in [2.75, 3.05) is 38.1 Å². The van der Waals surface area contributed by atoms with Gasteiger partial charge in [-0.25, -0.2) is 4.79 Å². The van der Waals surface area contributed by atoms with E-state index in [1.165, 1.54) is 9.80 Å². The molecule has 1 aliphatic rings. The fraction of sp³-hybridized carbons (Fsp3) is 0.500. The number of rotatable bonds is 4. The van der Waals surface area contributed by atoms with Gasteiger partial charge in [0.15, 0.2) is 0 Å². The van der Waals surface area contributed by atoms with E-state index < -0.39 is 17.9 Å². The Bertz CT molecular complexity index is 654. The molecular weight excluding hydrogens is 338 g/mol. The van der Waals surface area contributed by atoms with Crippen molar-refractivity contribution in [3.05, 3.63) is 24.3 Å². The van der Waals surface area contributed by atoms with E-state index in [0.717, 1.165) is 0 Å². The normalized spacial score (nSPS) is 14.2. The molecule has 0 atom stereocenters. The number of anilines is 1. The van der Waals surface area contributed by atoms with Gasteiger partial charge in [-0.05, 0) is 32.9 Å². The van der Waals surface area contributed by atoms with Gasteiger partial charge < -0.3 is 24.6 Å². The van der Waals surface area contributed by atoms with E-state index in [1.54, 1.807) is 31.2 Å². The molecule has 0 radical (unpaired) electrons. The number of nitrogens with zero attached hydrogens (tertiary/aromatic N) is 2. The highest BCUT2D eigenvalue weighted by atomic mass is 16.6. The summed E-state index contributed by atoms with van der Waals surface area (Å²) in [7, 11) is 0. The number of carbonyl (C=O) groups excluding carboxylic acids is 3. The molecule has 0 saturated carbocycles. The largest absolute Gasteiger partial charge is 0.489 e. The molecule has 26 heavy (non-hydrogen) atoms. The molecule has 1 N–H and O–H groups in total. The summed E-state index contributed by atoms with van der Waals surface area (Å²) < 4.78 is 10.6. The molecule has 0 aliphatic carbocycles. The molecule has 8 heteroatoms. The predicted octanol–water partition coefficient (Wildman–Crippen LogP) is 1.71. The van der Waals surface area contributed by atoms with E-state index in [4.69, 9.17) is 9.47 Å². The minimum atomic E-state index is -0.727. The Morgan fingerprint density at radius 3 is 2.31 bits per heavy atom. The summed E-state index contributed by atoms with van der Waals surface area (Å²) >= 11 is 0. The highest BCUT2D eigenvalue weighted by Crippen LogP contribution is 2.24. The fourth-order valence-corrected chi connectivity index (χ4v) is 2.55. The fourth-order valence-electron chi connectivity index (χ4n) is 2.55. The van der Waals surface area contributed by atoms with Gasteiger partial charge in [-0.1, -0.05) is 12.1 Å². The van der Waals surface area contributed by atoms with E-state index in [-0.39, 0.29) is 19.2 Å². The monoisotopic (exact) mass is 363 g/mol. The van der Waals surface area contributed by atoms with Crippen molar-refractivity contribution >= 4 is 23.6 Å². The lowest BCUT2D eigenvalue weighted by Gasteiger charge is -2.33. The minimum Gasteiger partial charge on any atom is -0.489 e. The number of benzene rings is 1. The van der Waals surface area contributed by atoms with Gasteiger partial charge in [0, 0.05) is 26.2 Å². The quantitative estimate of drug-likeness (QED) is 0.823. The summed E-state index contributed by atoms with van der Waals surface area (Å²) in [5.41, 5.74) is 0.449. The second-order valence-corrected chi connectivity index (χ2v) is 6.10. The van der Waals surface area contributed by atoms with Crippen LogP contribution in [0.15, 0.2) is 24.3 Å². The first-order valence-electron chi connectivity index (χ1n) is 8.70. The third kappa shape index (κ3) is 5.11. The third-order valence-corrected chi connectivity index (χ3v) is 3.79. The molecule has 142 valence electrons. The Kier molecular flexibility index (Phi) is 6.82. The summed E-state index contributed by atoms with van der Waals surface area (Å²) in [4.78, 5) is 39.3. The van der Waals surface area contributed by atoms with Gasteiger partial charge in [0.05, 0.1) is 18.4 Å². The zero-order valence-corrected chi connectivity index (χ0v) is 15.4. The third-order valence-electron chi connectivity index (χ3n) is 3.79. The van der Waals surface area contributed by atoms with Gasteiger partial charge in [0.2, 0.25) is 0 Å². The van der Waals surface area contributed by atoms with Crippen LogP contribution in [0.25, 0.3) is 0 Å². The standard InChI is InChI=1S/C18H25N3O5/c1-4-25-18(24)21-11-9-20(10-12-21)17(23)16(22)19-14-7-5-6-8-15(14)26-13(2)3/h5-8,13H,4,9-12H2,1-3H3,(H,19,22). The molecule has 3 amide bonds. The van der Waals surface area contributed by atoms with Crippen LogP contribution < -0.4 is 10.1 Å². The average Bonchev–Trinajstić information content (AvgIpc) is 2.62. The van der Waals surface area contributed by atoms with Crippen LogP contribution in [-0.4, -0.2) is 66.6 Å². The van der Waals surface area contributed by atoms with Gasteiger partial charge in [0.25, 0.3) is 0 Å². The first-order chi connectivity index (χ1) is 12.4. The molecule has 2 rings (SSSR count). The molecule has 1 aliphatic heterocycles. The number of amides is 3. The molecule has 0 bridgehead atoms. The second-order valence-electron chi connectivity index (χ2n) is 6.10. The van der Waals surface area contributed by atoms with Gasteiger partial charge in [-0.3, -0.25) is 9.59 Å². The van der Waals surface area contributed by atoms with Crippen LogP contribution in [0, 0.1) is 0 Å². The number of para-hydroxylation sites is 2. The van der Waals surface area contributed by atoms with Crippen LogP contribution in [0.4, 0.5) is 10.5 Å². The van der Waals surface area contributed by atoms with Crippen molar-refractivity contribution < 1.29 is 23.9 Å². The lowest BCUT2D eigenvalue weighted by atomic mass is 10.2. The molecule has 1 saturated heterocycles. The summed E-state index contributed by atoms with van der Waals surface area (Å²) in [5.74, 6) is -0.849. The minimum absolute atomic E-state index is 0.0558. The van der Waals surface area contributed by atoms with Crippen LogP contribution in [0.2, 0.25) is 0 Å². The smallest absolute Gasteiger partial charge is 0.409 e. The highest BCUT2D eigenvalue weighted by Gasteiger charge is 2.28. The maximum absolute atomic E-state index is 12.4. The molecule has 1 aromatic carbocycles. The molecule has 0 aromatic heterocycles. The molecule has 1 aromatic rings. The van der Waals surface area contributed by atoms with Gasteiger partial charge in [-0.15, -0.1) is 0 Å². The maximum atomic E-state index is 12.4. The summed E-state index contributed by atoms with van der Waals surface area (Å²) in [5, 5.41) is 2.61. The summed E-state index contributed by atoms with van der Waals surface area (Å²) in [6.07, 6.45) is -0.455. The van der Waals surface area contributed by atoms with Crippen molar-refractivity contribution in [1.82, 2.24) is 9.80 Å². The molecule has 0 spiro atoms. The lowest BCUT2D eigenvalue weighted by Crippen LogP contribution is -2.53. The Morgan fingerprint density at radius 1 is 1.08 bits per heavy atom. The van der Waals surface area contributed by atoms with Crippen LogP contribution in [0.1, 0.15) is 20.8 Å². The van der Waals surface area contributed by atoms with Gasteiger partial charge in [0.1, 0.15) is 5.75 Å². The average molecular weight is 363 g/mol. The summed E-state index contributed by atoms with van der Waals surface area (Å²) in [6, 6.07) is 6.97. The molecule has 0 unspecified atom stereocenters. The Hall–Kier alpha value is -2.77. The number of ether oxygens (including phenoxy) is 2. The van der Waals surface area contributed by atoms with Crippen molar-refractivity contribution in [2.24, 2.45) is 0 Å². The van der Waals surface area contributed by atoms with Crippen LogP contribution >= 0.6 is 0 Å². The Morgan fingerprint density at radius 2 is 1.69 bits per heavy atom. The maximum Gasteiger partial charge on any atom is 0.409 e. The van der Waals surface area contributed by atoms with Crippen LogP contribution in [-0.2, 0) is 14.3 Å². The molecule has 8 nitrogen and oxygen atoms in total. The van der Waals surface area contributed by atoms with Crippen molar-refractivity contribution in [3.63, 3.8) is 0 Å². The van der Waals surface area contributed by atoms with E-state index in [2.05, 4.69) is 5.32 Å². The highest BCUT2D eigenvalue weighted by molar-refractivity contribution is 6.39. The van der Waals surface area contributed by atoms with Crippen LogP contribution in [0.3, 0.4) is 0 Å². The predicted molar refractivity (Wildman–Crippen MR) is 96.0 cm³/mol. The Balaban J connectivity index is 1.93. The summed E-state index contributed by atoms with van der Waals surface area (Å²) in [6.45, 7) is 7.06. The molecule has 1 heterocycles.